The molecule has 1 fully saturated rings. The molecule has 0 aliphatic carbocycles. The molecule has 27 heavy (non-hydrogen) atoms. The fourth-order valence-corrected chi connectivity index (χ4v) is 3.05. The van der Waals surface area contributed by atoms with E-state index in [1.54, 1.807) is 19.3 Å². The molecule has 1 saturated heterocycles. The minimum Gasteiger partial charge on any atom is -0.497 e. The van der Waals surface area contributed by atoms with Crippen LogP contribution in [0.25, 0.3) is 6.08 Å². The minimum atomic E-state index is -0.116. The first-order valence-corrected chi connectivity index (χ1v) is 9.21. The van der Waals surface area contributed by atoms with Gasteiger partial charge in [0.1, 0.15) is 5.75 Å². The van der Waals surface area contributed by atoms with Gasteiger partial charge in [-0.2, -0.15) is 0 Å². The second kappa shape index (κ2) is 9.90. The third-order valence-electron chi connectivity index (χ3n) is 4.52. The third-order valence-corrected chi connectivity index (χ3v) is 4.52. The maximum atomic E-state index is 12.1. The zero-order valence-electron chi connectivity index (χ0n) is 15.6. The molecule has 0 aromatic heterocycles. The van der Waals surface area contributed by atoms with Crippen molar-refractivity contribution in [2.75, 3.05) is 33.4 Å². The normalized spacial score (nSPS) is 17.7. The molecule has 5 heteroatoms. The summed E-state index contributed by atoms with van der Waals surface area (Å²) >= 11 is 0. The molecule has 1 atom stereocenters. The molecular weight excluding hydrogens is 340 g/mol. The Hall–Kier alpha value is -2.63. The first-order chi connectivity index (χ1) is 13.2. The van der Waals surface area contributed by atoms with E-state index in [4.69, 9.17) is 9.47 Å². The fraction of sp³-hybridized carbons (Fsp3) is 0.318. The second-order valence-corrected chi connectivity index (χ2v) is 6.57. The Morgan fingerprint density at radius 2 is 2.00 bits per heavy atom. The van der Waals surface area contributed by atoms with Crippen molar-refractivity contribution in [3.05, 3.63) is 71.8 Å². The van der Waals surface area contributed by atoms with Crippen LogP contribution in [0.4, 0.5) is 0 Å². The summed E-state index contributed by atoms with van der Waals surface area (Å²) in [6.45, 7) is 3.84. The van der Waals surface area contributed by atoms with Crippen molar-refractivity contribution in [2.45, 2.75) is 12.6 Å². The number of carbonyl (C=O) groups is 1. The van der Waals surface area contributed by atoms with Gasteiger partial charge in [0.25, 0.3) is 0 Å². The summed E-state index contributed by atoms with van der Waals surface area (Å²) in [6, 6.07) is 18.0. The van der Waals surface area contributed by atoms with Crippen molar-refractivity contribution in [3.8, 4) is 5.75 Å². The summed E-state index contributed by atoms with van der Waals surface area (Å²) < 4.78 is 10.9. The maximum Gasteiger partial charge on any atom is 0.244 e. The molecule has 0 spiro atoms. The Morgan fingerprint density at radius 1 is 1.22 bits per heavy atom. The Balaban J connectivity index is 1.43. The third kappa shape index (κ3) is 6.24. The number of morpholine rings is 1. The Bertz CT molecular complexity index is 744. The van der Waals surface area contributed by atoms with Crippen LogP contribution in [-0.4, -0.2) is 50.3 Å². The van der Waals surface area contributed by atoms with Gasteiger partial charge in [-0.1, -0.05) is 42.5 Å². The molecule has 1 heterocycles. The molecule has 0 saturated carbocycles. The predicted molar refractivity (Wildman–Crippen MR) is 106 cm³/mol. The van der Waals surface area contributed by atoms with Gasteiger partial charge >= 0.3 is 0 Å². The standard InChI is InChI=1S/C22H26N2O3/c1-26-20-10-7-18(8-11-20)9-12-22(25)23-15-21-17-24(13-14-27-21)16-19-5-3-2-4-6-19/h2-12,21H,13-17H2,1H3,(H,23,25)/b12-9+. The van der Waals surface area contributed by atoms with Crippen molar-refractivity contribution in [2.24, 2.45) is 0 Å². The highest BCUT2D eigenvalue weighted by Gasteiger charge is 2.20. The highest BCUT2D eigenvalue weighted by atomic mass is 16.5. The smallest absolute Gasteiger partial charge is 0.244 e. The highest BCUT2D eigenvalue weighted by Crippen LogP contribution is 2.12. The molecule has 1 unspecified atom stereocenters. The molecule has 1 N–H and O–H groups in total. The SMILES string of the molecule is COc1ccc(/C=C/C(=O)NCC2CN(Cc3ccccc3)CCO2)cc1. The fourth-order valence-electron chi connectivity index (χ4n) is 3.05. The second-order valence-electron chi connectivity index (χ2n) is 6.57. The molecule has 5 nitrogen and oxygen atoms in total. The topological polar surface area (TPSA) is 50.8 Å². The van der Waals surface area contributed by atoms with E-state index < -0.39 is 0 Å². The van der Waals surface area contributed by atoms with Crippen molar-refractivity contribution >= 4 is 12.0 Å². The van der Waals surface area contributed by atoms with E-state index in [0.29, 0.717) is 13.2 Å². The summed E-state index contributed by atoms with van der Waals surface area (Å²) in [5.74, 6) is 0.681. The van der Waals surface area contributed by atoms with E-state index in [1.807, 2.05) is 30.3 Å². The molecule has 1 aliphatic heterocycles. The van der Waals surface area contributed by atoms with Crippen LogP contribution in [0.15, 0.2) is 60.7 Å². The van der Waals surface area contributed by atoms with Crippen molar-refractivity contribution in [1.82, 2.24) is 10.2 Å². The van der Waals surface area contributed by atoms with E-state index in [0.717, 1.165) is 30.9 Å². The summed E-state index contributed by atoms with van der Waals surface area (Å²) in [6.07, 6.45) is 3.35. The summed E-state index contributed by atoms with van der Waals surface area (Å²) in [5, 5.41) is 2.93. The van der Waals surface area contributed by atoms with Crippen LogP contribution < -0.4 is 10.1 Å². The van der Waals surface area contributed by atoms with Crippen LogP contribution in [-0.2, 0) is 16.1 Å². The maximum absolute atomic E-state index is 12.1. The van der Waals surface area contributed by atoms with Crippen LogP contribution in [0.5, 0.6) is 5.75 Å². The molecule has 0 bridgehead atoms. The quantitative estimate of drug-likeness (QED) is 0.766. The summed E-state index contributed by atoms with van der Waals surface area (Å²) in [4.78, 5) is 14.4. The van der Waals surface area contributed by atoms with Gasteiger partial charge in [-0.3, -0.25) is 9.69 Å². The average Bonchev–Trinajstić information content (AvgIpc) is 2.72. The van der Waals surface area contributed by atoms with Gasteiger partial charge in [0.15, 0.2) is 0 Å². The van der Waals surface area contributed by atoms with E-state index in [2.05, 4.69) is 34.5 Å². The Morgan fingerprint density at radius 3 is 2.74 bits per heavy atom. The first kappa shape index (κ1) is 19.1. The zero-order valence-corrected chi connectivity index (χ0v) is 15.6. The number of hydrogen-bond acceptors (Lipinski definition) is 4. The molecule has 2 aromatic carbocycles. The number of amides is 1. The van der Waals surface area contributed by atoms with Gasteiger partial charge in [0.05, 0.1) is 19.8 Å². The van der Waals surface area contributed by atoms with Crippen LogP contribution in [0, 0.1) is 0 Å². The molecular formula is C22H26N2O3. The number of methoxy groups -OCH3 is 1. The number of benzene rings is 2. The summed E-state index contributed by atoms with van der Waals surface area (Å²) in [5.41, 5.74) is 2.25. The minimum absolute atomic E-state index is 0.0146. The first-order valence-electron chi connectivity index (χ1n) is 9.21. The molecule has 3 rings (SSSR count). The Labute approximate surface area is 160 Å². The van der Waals surface area contributed by atoms with E-state index >= 15 is 0 Å². The number of hydrogen-bond donors (Lipinski definition) is 1. The van der Waals surface area contributed by atoms with E-state index in [9.17, 15) is 4.79 Å². The average molecular weight is 366 g/mol. The van der Waals surface area contributed by atoms with E-state index in [-0.39, 0.29) is 12.0 Å². The predicted octanol–water partition coefficient (Wildman–Crippen LogP) is 2.73. The number of carbonyl (C=O) groups excluding carboxylic acids is 1. The molecule has 1 aliphatic rings. The number of rotatable bonds is 7. The van der Waals surface area contributed by atoms with Gasteiger partial charge in [-0.25, -0.2) is 0 Å². The molecule has 142 valence electrons. The molecule has 0 radical (unpaired) electrons. The van der Waals surface area contributed by atoms with Crippen molar-refractivity contribution < 1.29 is 14.3 Å². The lowest BCUT2D eigenvalue weighted by molar-refractivity contribution is -0.117. The highest BCUT2D eigenvalue weighted by molar-refractivity contribution is 5.91. The van der Waals surface area contributed by atoms with Gasteiger partial charge < -0.3 is 14.8 Å². The van der Waals surface area contributed by atoms with Gasteiger partial charge in [-0.05, 0) is 29.3 Å². The monoisotopic (exact) mass is 366 g/mol. The van der Waals surface area contributed by atoms with Crippen molar-refractivity contribution in [3.63, 3.8) is 0 Å². The van der Waals surface area contributed by atoms with Crippen LogP contribution >= 0.6 is 0 Å². The van der Waals surface area contributed by atoms with Crippen LogP contribution in [0.2, 0.25) is 0 Å². The lowest BCUT2D eigenvalue weighted by Crippen LogP contribution is -2.46. The lowest BCUT2D eigenvalue weighted by atomic mass is 10.2. The summed E-state index contributed by atoms with van der Waals surface area (Å²) in [7, 11) is 1.63. The lowest BCUT2D eigenvalue weighted by Gasteiger charge is -2.33. The largest absolute Gasteiger partial charge is 0.497 e. The van der Waals surface area contributed by atoms with Crippen molar-refractivity contribution in [1.29, 1.82) is 0 Å². The zero-order chi connectivity index (χ0) is 18.9. The van der Waals surface area contributed by atoms with Crippen LogP contribution in [0.1, 0.15) is 11.1 Å². The van der Waals surface area contributed by atoms with Gasteiger partial charge in [0.2, 0.25) is 5.91 Å². The number of ether oxygens (including phenoxy) is 2. The van der Waals surface area contributed by atoms with E-state index in [1.165, 1.54) is 5.56 Å². The molecule has 2 aromatic rings. The van der Waals surface area contributed by atoms with Crippen LogP contribution in [0.3, 0.4) is 0 Å². The number of nitrogens with one attached hydrogen (secondary N) is 1. The number of nitrogens with zero attached hydrogens (tertiary/aromatic N) is 1. The van der Waals surface area contributed by atoms with Gasteiger partial charge in [0, 0.05) is 32.3 Å². The Kier molecular flexibility index (Phi) is 7.02. The molecule has 1 amide bonds. The van der Waals surface area contributed by atoms with Gasteiger partial charge in [-0.15, -0.1) is 0 Å².